The summed E-state index contributed by atoms with van der Waals surface area (Å²) in [4.78, 5) is 0. The Morgan fingerprint density at radius 2 is 1.95 bits per heavy atom. The maximum atomic E-state index is 7.36. The number of hydrogen-bond acceptors (Lipinski definition) is 4. The zero-order valence-electron chi connectivity index (χ0n) is 10.4. The van der Waals surface area contributed by atoms with Crippen molar-refractivity contribution in [2.24, 2.45) is 5.73 Å². The van der Waals surface area contributed by atoms with Crippen LogP contribution >= 0.6 is 11.6 Å². The van der Waals surface area contributed by atoms with Gasteiger partial charge >= 0.3 is 0 Å². The van der Waals surface area contributed by atoms with E-state index in [-0.39, 0.29) is 12.6 Å². The van der Waals surface area contributed by atoms with Crippen molar-refractivity contribution in [3.8, 4) is 23.0 Å². The summed E-state index contributed by atoms with van der Waals surface area (Å²) in [5.74, 6) is 2.36. The van der Waals surface area contributed by atoms with E-state index < -0.39 is 0 Å². The molecule has 0 saturated heterocycles. The Morgan fingerprint density at radius 1 is 1.15 bits per heavy atom. The second kappa shape index (κ2) is 4.94. The Balaban J connectivity index is 1.86. The minimum Gasteiger partial charge on any atom is -0.456 e. The number of fused-ring (bicyclic) bond motifs is 1. The minimum absolute atomic E-state index is 0.0403. The quantitative estimate of drug-likeness (QED) is 0.672. The molecule has 20 heavy (non-hydrogen) atoms. The molecular formula is C14H11ClN2O3. The number of halogens is 1. The number of nitrogens with two attached hydrogens (primary N) is 1. The summed E-state index contributed by atoms with van der Waals surface area (Å²) in [6, 6.07) is 10.2. The first-order valence-corrected chi connectivity index (χ1v) is 6.23. The van der Waals surface area contributed by atoms with Crippen LogP contribution in [0.4, 0.5) is 0 Å². The van der Waals surface area contributed by atoms with Crippen molar-refractivity contribution in [3.63, 3.8) is 0 Å². The molecule has 1 heterocycles. The fourth-order valence-electron chi connectivity index (χ4n) is 1.82. The summed E-state index contributed by atoms with van der Waals surface area (Å²) >= 11 is 6.11. The molecule has 0 amide bonds. The van der Waals surface area contributed by atoms with E-state index in [4.69, 9.17) is 37.0 Å². The van der Waals surface area contributed by atoms with Crippen LogP contribution in [0, 0.1) is 5.41 Å². The first kappa shape index (κ1) is 12.6. The maximum absolute atomic E-state index is 7.36. The first-order valence-electron chi connectivity index (χ1n) is 5.85. The van der Waals surface area contributed by atoms with Crippen LogP contribution in [-0.4, -0.2) is 12.6 Å². The van der Waals surface area contributed by atoms with E-state index in [9.17, 15) is 0 Å². The van der Waals surface area contributed by atoms with Crippen LogP contribution in [0.15, 0.2) is 36.4 Å². The molecule has 2 aromatic rings. The maximum Gasteiger partial charge on any atom is 0.231 e. The molecule has 2 aromatic carbocycles. The molecule has 3 rings (SSSR count). The molecule has 6 heteroatoms. The standard InChI is InChI=1S/C14H11ClN2O3/c15-10-5-8(14(16)17)1-3-11(10)20-9-2-4-12-13(6-9)19-7-18-12/h1-6H,7H2,(H3,16,17). The van der Waals surface area contributed by atoms with Crippen LogP contribution in [-0.2, 0) is 0 Å². The highest BCUT2D eigenvalue weighted by atomic mass is 35.5. The van der Waals surface area contributed by atoms with Crippen LogP contribution in [0.3, 0.4) is 0 Å². The number of amidine groups is 1. The van der Waals surface area contributed by atoms with Gasteiger partial charge in [0.15, 0.2) is 11.5 Å². The van der Waals surface area contributed by atoms with Crippen molar-refractivity contribution in [2.75, 3.05) is 6.79 Å². The van der Waals surface area contributed by atoms with E-state index >= 15 is 0 Å². The van der Waals surface area contributed by atoms with Crippen LogP contribution in [0.5, 0.6) is 23.0 Å². The second-order valence-electron chi connectivity index (χ2n) is 4.18. The van der Waals surface area contributed by atoms with Crippen molar-refractivity contribution in [1.29, 1.82) is 5.41 Å². The molecule has 0 saturated carbocycles. The molecule has 0 bridgehead atoms. The minimum atomic E-state index is -0.0403. The van der Waals surface area contributed by atoms with Crippen LogP contribution < -0.4 is 19.9 Å². The Kier molecular flexibility index (Phi) is 3.12. The molecule has 0 aromatic heterocycles. The summed E-state index contributed by atoms with van der Waals surface area (Å²) in [5, 5.41) is 7.74. The Hall–Kier alpha value is -2.40. The molecule has 0 unspecified atom stereocenters. The molecule has 102 valence electrons. The Bertz CT molecular complexity index is 688. The van der Waals surface area contributed by atoms with Gasteiger partial charge in [0, 0.05) is 11.6 Å². The molecule has 0 atom stereocenters. The van der Waals surface area contributed by atoms with Gasteiger partial charge in [-0.1, -0.05) is 11.6 Å². The number of rotatable bonds is 3. The van der Waals surface area contributed by atoms with Gasteiger partial charge in [-0.15, -0.1) is 0 Å². The number of nitrogen functional groups attached to an aromatic ring is 1. The number of hydrogen-bond donors (Lipinski definition) is 2. The molecule has 3 N–H and O–H groups in total. The highest BCUT2D eigenvalue weighted by Crippen LogP contribution is 2.38. The van der Waals surface area contributed by atoms with E-state index in [0.717, 1.165) is 0 Å². The van der Waals surface area contributed by atoms with Crippen LogP contribution in [0.25, 0.3) is 0 Å². The van der Waals surface area contributed by atoms with Gasteiger partial charge in [0.25, 0.3) is 0 Å². The predicted octanol–water partition coefficient (Wildman–Crippen LogP) is 3.15. The first-order chi connectivity index (χ1) is 9.63. The summed E-state index contributed by atoms with van der Waals surface area (Å²) < 4.78 is 16.2. The molecule has 1 aliphatic rings. The van der Waals surface area contributed by atoms with Crippen LogP contribution in [0.2, 0.25) is 5.02 Å². The molecule has 5 nitrogen and oxygen atoms in total. The number of nitrogens with one attached hydrogen (secondary N) is 1. The lowest BCUT2D eigenvalue weighted by molar-refractivity contribution is 0.174. The lowest BCUT2D eigenvalue weighted by atomic mass is 10.2. The lowest BCUT2D eigenvalue weighted by Crippen LogP contribution is -2.10. The normalized spacial score (nSPS) is 12.2. The van der Waals surface area contributed by atoms with E-state index in [1.807, 2.05) is 0 Å². The van der Waals surface area contributed by atoms with Gasteiger partial charge in [-0.05, 0) is 30.3 Å². The van der Waals surface area contributed by atoms with Gasteiger partial charge in [0.2, 0.25) is 6.79 Å². The fraction of sp³-hybridized carbons (Fsp3) is 0.0714. The highest BCUT2D eigenvalue weighted by molar-refractivity contribution is 6.32. The van der Waals surface area contributed by atoms with Crippen LogP contribution in [0.1, 0.15) is 5.56 Å². The van der Waals surface area contributed by atoms with Gasteiger partial charge in [0.05, 0.1) is 5.02 Å². The van der Waals surface area contributed by atoms with E-state index in [1.165, 1.54) is 0 Å². The topological polar surface area (TPSA) is 77.6 Å². The van der Waals surface area contributed by atoms with E-state index in [2.05, 4.69) is 0 Å². The van der Waals surface area contributed by atoms with Crippen molar-refractivity contribution in [2.45, 2.75) is 0 Å². The SMILES string of the molecule is N=C(N)c1ccc(Oc2ccc3c(c2)OCO3)c(Cl)c1. The Labute approximate surface area is 120 Å². The molecule has 0 aliphatic carbocycles. The molecule has 1 aliphatic heterocycles. The fourth-order valence-corrected chi connectivity index (χ4v) is 2.04. The zero-order valence-corrected chi connectivity index (χ0v) is 11.1. The summed E-state index contributed by atoms with van der Waals surface area (Å²) in [6.07, 6.45) is 0. The average Bonchev–Trinajstić information content (AvgIpc) is 2.88. The van der Waals surface area contributed by atoms with Crippen molar-refractivity contribution in [3.05, 3.63) is 47.0 Å². The highest BCUT2D eigenvalue weighted by Gasteiger charge is 2.14. The average molecular weight is 291 g/mol. The van der Waals surface area contributed by atoms with Gasteiger partial charge in [-0.25, -0.2) is 0 Å². The second-order valence-corrected chi connectivity index (χ2v) is 4.58. The lowest BCUT2D eigenvalue weighted by Gasteiger charge is -2.09. The van der Waals surface area contributed by atoms with Crippen molar-refractivity contribution in [1.82, 2.24) is 0 Å². The Morgan fingerprint density at radius 3 is 2.70 bits per heavy atom. The molecule has 0 spiro atoms. The predicted molar refractivity (Wildman–Crippen MR) is 75.1 cm³/mol. The smallest absolute Gasteiger partial charge is 0.231 e. The van der Waals surface area contributed by atoms with E-state index in [1.54, 1.807) is 36.4 Å². The van der Waals surface area contributed by atoms with Gasteiger partial charge in [-0.2, -0.15) is 0 Å². The largest absolute Gasteiger partial charge is 0.456 e. The van der Waals surface area contributed by atoms with Crippen molar-refractivity contribution >= 4 is 17.4 Å². The molecule has 0 radical (unpaired) electrons. The summed E-state index contributed by atoms with van der Waals surface area (Å²) in [7, 11) is 0. The third kappa shape index (κ3) is 2.35. The summed E-state index contributed by atoms with van der Waals surface area (Å²) in [5.41, 5.74) is 5.95. The molecule has 0 fully saturated rings. The third-order valence-electron chi connectivity index (χ3n) is 2.81. The summed E-state index contributed by atoms with van der Waals surface area (Å²) in [6.45, 7) is 0.215. The van der Waals surface area contributed by atoms with E-state index in [0.29, 0.717) is 33.6 Å². The van der Waals surface area contributed by atoms with Gasteiger partial charge in [0.1, 0.15) is 17.3 Å². The number of benzene rings is 2. The van der Waals surface area contributed by atoms with Gasteiger partial charge in [-0.3, -0.25) is 5.41 Å². The number of ether oxygens (including phenoxy) is 3. The van der Waals surface area contributed by atoms with Crippen molar-refractivity contribution < 1.29 is 14.2 Å². The van der Waals surface area contributed by atoms with Gasteiger partial charge < -0.3 is 19.9 Å². The monoisotopic (exact) mass is 290 g/mol. The zero-order chi connectivity index (χ0) is 14.1. The third-order valence-corrected chi connectivity index (χ3v) is 3.11. The molecular weight excluding hydrogens is 280 g/mol.